The highest BCUT2D eigenvalue weighted by Gasteiger charge is 2.22. The van der Waals surface area contributed by atoms with E-state index in [1.165, 1.54) is 0 Å². The number of benzene rings is 1. The molecule has 1 aliphatic heterocycles. The van der Waals surface area contributed by atoms with Gasteiger partial charge in [0.05, 0.1) is 17.7 Å². The Bertz CT molecular complexity index is 443. The van der Waals surface area contributed by atoms with Crippen molar-refractivity contribution in [1.82, 2.24) is 4.90 Å². The molecule has 4 nitrogen and oxygen atoms in total. The number of piperidine rings is 1. The summed E-state index contributed by atoms with van der Waals surface area (Å²) in [5.41, 5.74) is 0.651. The van der Waals surface area contributed by atoms with Crippen LogP contribution in [0.3, 0.4) is 0 Å². The Morgan fingerprint density at radius 1 is 1.35 bits per heavy atom. The average molecular weight is 274 g/mol. The molecule has 1 atom stereocenters. The Morgan fingerprint density at radius 3 is 2.55 bits per heavy atom. The van der Waals surface area contributed by atoms with Crippen LogP contribution in [0.5, 0.6) is 5.75 Å². The predicted octanol–water partition coefficient (Wildman–Crippen LogP) is 2.03. The molecule has 20 heavy (non-hydrogen) atoms. The first-order valence-corrected chi connectivity index (χ1v) is 7.22. The van der Waals surface area contributed by atoms with E-state index in [1.807, 2.05) is 19.1 Å². The highest BCUT2D eigenvalue weighted by atomic mass is 16.5. The molecule has 4 heteroatoms. The first-order chi connectivity index (χ1) is 9.69. The van der Waals surface area contributed by atoms with Crippen molar-refractivity contribution in [3.63, 3.8) is 0 Å². The fraction of sp³-hybridized carbons (Fsp3) is 0.562. The maximum absolute atomic E-state index is 9.56. The first kappa shape index (κ1) is 14.8. The van der Waals surface area contributed by atoms with Crippen LogP contribution < -0.4 is 4.74 Å². The molecule has 1 unspecified atom stereocenters. The lowest BCUT2D eigenvalue weighted by atomic mass is 9.92. The quantitative estimate of drug-likeness (QED) is 0.892. The Hall–Kier alpha value is -1.57. The molecule has 1 aromatic carbocycles. The smallest absolute Gasteiger partial charge is 0.119 e. The van der Waals surface area contributed by atoms with Crippen molar-refractivity contribution in [3.8, 4) is 11.8 Å². The van der Waals surface area contributed by atoms with Gasteiger partial charge in [0.1, 0.15) is 12.4 Å². The lowest BCUT2D eigenvalue weighted by molar-refractivity contribution is 0.0672. The summed E-state index contributed by atoms with van der Waals surface area (Å²) in [7, 11) is 0. The van der Waals surface area contributed by atoms with Gasteiger partial charge in [-0.25, -0.2) is 0 Å². The highest BCUT2D eigenvalue weighted by Crippen LogP contribution is 2.20. The van der Waals surface area contributed by atoms with Gasteiger partial charge >= 0.3 is 0 Å². The molecule has 2 rings (SSSR count). The molecule has 1 saturated heterocycles. The van der Waals surface area contributed by atoms with Crippen LogP contribution in [0.15, 0.2) is 24.3 Å². The van der Waals surface area contributed by atoms with E-state index in [0.717, 1.165) is 38.2 Å². The van der Waals surface area contributed by atoms with Gasteiger partial charge in [-0.3, -0.25) is 4.90 Å². The molecule has 1 fully saturated rings. The SMILES string of the molecule is CC(O)C1CCN(CCOc2ccc(C#N)cc2)CC1. The number of nitrogens with zero attached hydrogens (tertiary/aromatic N) is 2. The van der Waals surface area contributed by atoms with E-state index in [1.54, 1.807) is 12.1 Å². The zero-order valence-corrected chi connectivity index (χ0v) is 12.0. The molecule has 0 saturated carbocycles. The molecular formula is C16H22N2O2. The van der Waals surface area contributed by atoms with Crippen molar-refractivity contribution in [2.24, 2.45) is 5.92 Å². The Balaban J connectivity index is 1.67. The number of hydrogen-bond donors (Lipinski definition) is 1. The molecule has 0 aliphatic carbocycles. The summed E-state index contributed by atoms with van der Waals surface area (Å²) < 4.78 is 5.68. The van der Waals surface area contributed by atoms with E-state index < -0.39 is 0 Å². The second-order valence-electron chi connectivity index (χ2n) is 5.40. The molecule has 108 valence electrons. The number of ether oxygens (including phenoxy) is 1. The molecule has 1 heterocycles. The summed E-state index contributed by atoms with van der Waals surface area (Å²) in [5.74, 6) is 1.26. The van der Waals surface area contributed by atoms with Crippen LogP contribution in [0.4, 0.5) is 0 Å². The minimum Gasteiger partial charge on any atom is -0.492 e. The molecule has 0 amide bonds. The van der Waals surface area contributed by atoms with Crippen molar-refractivity contribution in [2.75, 3.05) is 26.2 Å². The average Bonchev–Trinajstić information content (AvgIpc) is 2.48. The van der Waals surface area contributed by atoms with Crippen molar-refractivity contribution in [1.29, 1.82) is 5.26 Å². The van der Waals surface area contributed by atoms with Gasteiger partial charge in [0.2, 0.25) is 0 Å². The van der Waals surface area contributed by atoms with Crippen LogP contribution in [0.2, 0.25) is 0 Å². The van der Waals surface area contributed by atoms with E-state index in [2.05, 4.69) is 11.0 Å². The number of likely N-dealkylation sites (tertiary alicyclic amines) is 1. The zero-order valence-electron chi connectivity index (χ0n) is 12.0. The summed E-state index contributed by atoms with van der Waals surface area (Å²) >= 11 is 0. The van der Waals surface area contributed by atoms with E-state index in [9.17, 15) is 5.11 Å². The lowest BCUT2D eigenvalue weighted by Crippen LogP contribution is -2.39. The number of aliphatic hydroxyl groups excluding tert-OH is 1. The fourth-order valence-corrected chi connectivity index (χ4v) is 2.58. The van der Waals surface area contributed by atoms with Gasteiger partial charge in [0, 0.05) is 6.54 Å². The minimum atomic E-state index is -0.188. The van der Waals surface area contributed by atoms with Crippen molar-refractivity contribution >= 4 is 0 Å². The topological polar surface area (TPSA) is 56.5 Å². The Kier molecular flexibility index (Phi) is 5.40. The third kappa shape index (κ3) is 4.22. The van der Waals surface area contributed by atoms with E-state index in [0.29, 0.717) is 18.1 Å². The Labute approximate surface area is 120 Å². The molecular weight excluding hydrogens is 252 g/mol. The number of rotatable bonds is 5. The fourth-order valence-electron chi connectivity index (χ4n) is 2.58. The first-order valence-electron chi connectivity index (χ1n) is 7.22. The van der Waals surface area contributed by atoms with Gasteiger partial charge in [-0.15, -0.1) is 0 Å². The van der Waals surface area contributed by atoms with Gasteiger partial charge < -0.3 is 9.84 Å². The highest BCUT2D eigenvalue weighted by molar-refractivity contribution is 5.34. The van der Waals surface area contributed by atoms with Gasteiger partial charge in [0.25, 0.3) is 0 Å². The summed E-state index contributed by atoms with van der Waals surface area (Å²) in [6, 6.07) is 9.29. The molecule has 1 N–H and O–H groups in total. The number of aliphatic hydroxyl groups is 1. The minimum absolute atomic E-state index is 0.188. The second-order valence-corrected chi connectivity index (χ2v) is 5.40. The molecule has 1 aromatic rings. The van der Waals surface area contributed by atoms with Crippen molar-refractivity contribution < 1.29 is 9.84 Å². The summed E-state index contributed by atoms with van der Waals surface area (Å²) in [5, 5.41) is 18.3. The van der Waals surface area contributed by atoms with Crippen LogP contribution in [0.1, 0.15) is 25.3 Å². The predicted molar refractivity (Wildman–Crippen MR) is 77.5 cm³/mol. The van der Waals surface area contributed by atoms with Crippen molar-refractivity contribution in [3.05, 3.63) is 29.8 Å². The molecule has 0 aromatic heterocycles. The summed E-state index contributed by atoms with van der Waals surface area (Å²) in [4.78, 5) is 2.38. The standard InChI is InChI=1S/C16H22N2O2/c1-13(19)15-6-8-18(9-7-15)10-11-20-16-4-2-14(12-17)3-5-16/h2-5,13,15,19H,6-11H2,1H3. The molecule has 0 spiro atoms. The van der Waals surface area contributed by atoms with Gasteiger partial charge in [-0.2, -0.15) is 5.26 Å². The Morgan fingerprint density at radius 2 is 2.00 bits per heavy atom. The number of hydrogen-bond acceptors (Lipinski definition) is 4. The summed E-state index contributed by atoms with van der Waals surface area (Å²) in [6.07, 6.45) is 1.94. The van der Waals surface area contributed by atoms with Gasteiger partial charge in [0.15, 0.2) is 0 Å². The molecule has 0 bridgehead atoms. The monoisotopic (exact) mass is 274 g/mol. The maximum Gasteiger partial charge on any atom is 0.119 e. The normalized spacial score (nSPS) is 18.4. The third-order valence-corrected chi connectivity index (χ3v) is 3.97. The maximum atomic E-state index is 9.56. The van der Waals surface area contributed by atoms with Crippen molar-refractivity contribution in [2.45, 2.75) is 25.9 Å². The van der Waals surface area contributed by atoms with E-state index >= 15 is 0 Å². The van der Waals surface area contributed by atoms with Gasteiger partial charge in [-0.1, -0.05) is 0 Å². The van der Waals surface area contributed by atoms with E-state index in [4.69, 9.17) is 10.00 Å². The van der Waals surface area contributed by atoms with E-state index in [-0.39, 0.29) is 6.10 Å². The van der Waals surface area contributed by atoms with Crippen LogP contribution in [-0.2, 0) is 0 Å². The van der Waals surface area contributed by atoms with Gasteiger partial charge in [-0.05, 0) is 63.0 Å². The third-order valence-electron chi connectivity index (χ3n) is 3.97. The van der Waals surface area contributed by atoms with Crippen LogP contribution in [0.25, 0.3) is 0 Å². The molecule has 0 radical (unpaired) electrons. The largest absolute Gasteiger partial charge is 0.492 e. The van der Waals surface area contributed by atoms with Crippen LogP contribution in [0, 0.1) is 17.2 Å². The zero-order chi connectivity index (χ0) is 14.4. The second kappa shape index (κ2) is 7.28. The summed E-state index contributed by atoms with van der Waals surface area (Å²) in [6.45, 7) is 5.52. The van der Waals surface area contributed by atoms with Crippen LogP contribution in [-0.4, -0.2) is 42.4 Å². The molecule has 1 aliphatic rings. The number of nitriles is 1. The lowest BCUT2D eigenvalue weighted by Gasteiger charge is -2.33. The van der Waals surface area contributed by atoms with Crippen LogP contribution >= 0.6 is 0 Å².